The first kappa shape index (κ1) is 13.9. The number of aromatic nitrogens is 1. The van der Waals surface area contributed by atoms with Crippen LogP contribution in [-0.2, 0) is 0 Å². The average Bonchev–Trinajstić information content (AvgIpc) is 2.81. The Balaban J connectivity index is 1.90. The molecule has 1 aliphatic rings. The first-order valence-corrected chi connectivity index (χ1v) is 8.29. The van der Waals surface area contributed by atoms with Crippen LogP contribution < -0.4 is 5.32 Å². The molecule has 20 heavy (non-hydrogen) atoms. The fraction of sp³-hybridized carbons (Fsp3) is 0.471. The summed E-state index contributed by atoms with van der Waals surface area (Å²) in [6, 6.07) is 8.92. The molecule has 1 aromatic carbocycles. The smallest absolute Gasteiger partial charge is 0.134 e. The van der Waals surface area contributed by atoms with Crippen molar-refractivity contribution in [1.82, 2.24) is 4.98 Å². The molecule has 0 amide bonds. The van der Waals surface area contributed by atoms with Crippen LogP contribution >= 0.6 is 15.9 Å². The van der Waals surface area contributed by atoms with Gasteiger partial charge in [-0.2, -0.15) is 0 Å². The van der Waals surface area contributed by atoms with Crippen molar-refractivity contribution in [3.63, 3.8) is 0 Å². The number of hydrogen-bond acceptors (Lipinski definition) is 2. The number of hydrogen-bond donors (Lipinski definition) is 1. The summed E-state index contributed by atoms with van der Waals surface area (Å²) < 4.78 is 1.13. The molecule has 0 radical (unpaired) electrons. The van der Waals surface area contributed by atoms with Gasteiger partial charge in [0.2, 0.25) is 0 Å². The second-order valence-corrected chi connectivity index (χ2v) is 6.70. The van der Waals surface area contributed by atoms with E-state index in [9.17, 15) is 0 Å². The Morgan fingerprint density at radius 1 is 1.25 bits per heavy atom. The number of benzene rings is 1. The predicted octanol–water partition coefficient (Wildman–Crippen LogP) is 5.23. The molecule has 0 bridgehead atoms. The van der Waals surface area contributed by atoms with E-state index in [1.807, 2.05) is 6.20 Å². The Kier molecular flexibility index (Phi) is 3.97. The van der Waals surface area contributed by atoms with Gasteiger partial charge in [-0.15, -0.1) is 0 Å². The molecular weight excluding hydrogens is 312 g/mol. The number of nitrogens with zero attached hydrogens (tertiary/aromatic N) is 1. The molecule has 2 aromatic rings. The van der Waals surface area contributed by atoms with Crippen LogP contribution in [0, 0.1) is 11.8 Å². The molecule has 0 saturated heterocycles. The Labute approximate surface area is 129 Å². The molecular formula is C17H21BrN2. The third kappa shape index (κ3) is 2.44. The minimum absolute atomic E-state index is 0.553. The van der Waals surface area contributed by atoms with E-state index in [1.54, 1.807) is 0 Å². The van der Waals surface area contributed by atoms with E-state index in [-0.39, 0.29) is 0 Å². The van der Waals surface area contributed by atoms with Gasteiger partial charge in [0.1, 0.15) is 5.82 Å². The van der Waals surface area contributed by atoms with Crippen molar-refractivity contribution in [2.45, 2.75) is 39.2 Å². The summed E-state index contributed by atoms with van der Waals surface area (Å²) in [6.07, 6.45) is 5.77. The number of pyridine rings is 1. The summed E-state index contributed by atoms with van der Waals surface area (Å²) in [6.45, 7) is 4.68. The van der Waals surface area contributed by atoms with Crippen LogP contribution in [-0.4, -0.2) is 11.0 Å². The fourth-order valence-electron chi connectivity index (χ4n) is 3.49. The van der Waals surface area contributed by atoms with E-state index in [1.165, 1.54) is 30.0 Å². The van der Waals surface area contributed by atoms with Gasteiger partial charge in [-0.25, -0.2) is 4.98 Å². The van der Waals surface area contributed by atoms with Crippen LogP contribution in [0.15, 0.2) is 34.9 Å². The van der Waals surface area contributed by atoms with Crippen LogP contribution in [0.25, 0.3) is 10.8 Å². The van der Waals surface area contributed by atoms with Gasteiger partial charge in [0.05, 0.1) is 0 Å². The van der Waals surface area contributed by atoms with Crippen molar-refractivity contribution in [3.8, 4) is 0 Å². The Morgan fingerprint density at radius 3 is 2.85 bits per heavy atom. The molecule has 0 spiro atoms. The zero-order chi connectivity index (χ0) is 14.1. The van der Waals surface area contributed by atoms with Gasteiger partial charge >= 0.3 is 0 Å². The number of fused-ring (bicyclic) bond motifs is 1. The van der Waals surface area contributed by atoms with Crippen molar-refractivity contribution in [2.75, 3.05) is 5.32 Å². The van der Waals surface area contributed by atoms with Crippen LogP contribution in [0.4, 0.5) is 5.82 Å². The zero-order valence-electron chi connectivity index (χ0n) is 12.1. The summed E-state index contributed by atoms with van der Waals surface area (Å²) >= 11 is 3.62. The average molecular weight is 333 g/mol. The number of nitrogens with one attached hydrogen (secondary N) is 1. The Hall–Kier alpha value is -1.09. The molecule has 1 fully saturated rings. The molecule has 1 saturated carbocycles. The molecule has 106 valence electrons. The van der Waals surface area contributed by atoms with Crippen molar-refractivity contribution in [3.05, 3.63) is 34.9 Å². The first-order chi connectivity index (χ1) is 9.70. The standard InChI is InChI=1S/C17H21BrN2/c1-3-12-7-8-16(11(12)2)20-17-14-5-4-6-15(18)13(14)9-10-19-17/h4-6,9-12,16H,3,7-8H2,1-2H3,(H,19,20). The maximum Gasteiger partial charge on any atom is 0.134 e. The molecule has 0 aliphatic heterocycles. The third-order valence-corrected chi connectivity index (χ3v) is 5.52. The van der Waals surface area contributed by atoms with Gasteiger partial charge in [-0.3, -0.25) is 0 Å². The Morgan fingerprint density at radius 2 is 2.10 bits per heavy atom. The molecule has 2 nitrogen and oxygen atoms in total. The zero-order valence-corrected chi connectivity index (χ0v) is 13.7. The number of rotatable bonds is 3. The summed E-state index contributed by atoms with van der Waals surface area (Å²) in [7, 11) is 0. The lowest BCUT2D eigenvalue weighted by molar-refractivity contribution is 0.391. The summed E-state index contributed by atoms with van der Waals surface area (Å²) in [5, 5.41) is 6.12. The molecule has 3 rings (SSSR count). The van der Waals surface area contributed by atoms with Gasteiger partial charge in [-0.1, -0.05) is 48.3 Å². The normalized spacial score (nSPS) is 26.1. The van der Waals surface area contributed by atoms with E-state index in [0.29, 0.717) is 6.04 Å². The summed E-state index contributed by atoms with van der Waals surface area (Å²) in [5.74, 6) is 2.61. The highest BCUT2D eigenvalue weighted by Crippen LogP contribution is 2.36. The lowest BCUT2D eigenvalue weighted by Gasteiger charge is -2.22. The van der Waals surface area contributed by atoms with E-state index < -0.39 is 0 Å². The van der Waals surface area contributed by atoms with Crippen LogP contribution in [0.5, 0.6) is 0 Å². The van der Waals surface area contributed by atoms with Gasteiger partial charge < -0.3 is 5.32 Å². The quantitative estimate of drug-likeness (QED) is 0.831. The highest BCUT2D eigenvalue weighted by molar-refractivity contribution is 9.10. The lowest BCUT2D eigenvalue weighted by atomic mass is 9.93. The van der Waals surface area contributed by atoms with Gasteiger partial charge in [0.25, 0.3) is 0 Å². The van der Waals surface area contributed by atoms with Crippen molar-refractivity contribution >= 4 is 32.5 Å². The largest absolute Gasteiger partial charge is 0.367 e. The second-order valence-electron chi connectivity index (χ2n) is 5.85. The van der Waals surface area contributed by atoms with Crippen molar-refractivity contribution in [2.24, 2.45) is 11.8 Å². The molecule has 1 aromatic heterocycles. The lowest BCUT2D eigenvalue weighted by Crippen LogP contribution is -2.25. The van der Waals surface area contributed by atoms with Gasteiger partial charge in [0.15, 0.2) is 0 Å². The predicted molar refractivity (Wildman–Crippen MR) is 89.0 cm³/mol. The SMILES string of the molecule is CCC1CCC(Nc2nccc3c(Br)cccc23)C1C. The monoisotopic (exact) mass is 332 g/mol. The molecule has 1 N–H and O–H groups in total. The minimum Gasteiger partial charge on any atom is -0.367 e. The van der Waals surface area contributed by atoms with Gasteiger partial charge in [-0.05, 0) is 36.8 Å². The molecule has 1 aliphatic carbocycles. The van der Waals surface area contributed by atoms with Crippen molar-refractivity contribution < 1.29 is 0 Å². The maximum absolute atomic E-state index is 4.56. The van der Waals surface area contributed by atoms with Crippen LogP contribution in [0.2, 0.25) is 0 Å². The van der Waals surface area contributed by atoms with E-state index in [4.69, 9.17) is 0 Å². The number of halogens is 1. The summed E-state index contributed by atoms with van der Waals surface area (Å²) in [4.78, 5) is 4.56. The summed E-state index contributed by atoms with van der Waals surface area (Å²) in [5.41, 5.74) is 0. The van der Waals surface area contributed by atoms with Gasteiger partial charge in [0, 0.05) is 27.5 Å². The van der Waals surface area contributed by atoms with Crippen LogP contribution in [0.3, 0.4) is 0 Å². The molecule has 1 heterocycles. The molecule has 3 heteroatoms. The minimum atomic E-state index is 0.553. The van der Waals surface area contributed by atoms with Crippen LogP contribution in [0.1, 0.15) is 33.1 Å². The molecule has 3 unspecified atom stereocenters. The van der Waals surface area contributed by atoms with E-state index in [0.717, 1.165) is 22.1 Å². The first-order valence-electron chi connectivity index (χ1n) is 7.50. The molecule has 3 atom stereocenters. The number of anilines is 1. The van der Waals surface area contributed by atoms with E-state index in [2.05, 4.69) is 64.3 Å². The second kappa shape index (κ2) is 5.72. The maximum atomic E-state index is 4.56. The fourth-order valence-corrected chi connectivity index (χ4v) is 3.99. The van der Waals surface area contributed by atoms with Crippen molar-refractivity contribution in [1.29, 1.82) is 0 Å². The van der Waals surface area contributed by atoms with E-state index >= 15 is 0 Å². The Bertz CT molecular complexity index is 611. The highest BCUT2D eigenvalue weighted by atomic mass is 79.9. The highest BCUT2D eigenvalue weighted by Gasteiger charge is 2.31. The topological polar surface area (TPSA) is 24.9 Å². The third-order valence-electron chi connectivity index (χ3n) is 4.83.